The maximum Gasteiger partial charge on any atom is 0.138 e. The van der Waals surface area contributed by atoms with Crippen molar-refractivity contribution in [2.75, 3.05) is 13.1 Å². The Morgan fingerprint density at radius 2 is 1.97 bits per heavy atom. The molecule has 0 unspecified atom stereocenters. The zero-order valence-electron chi connectivity index (χ0n) is 16.9. The number of pyridine rings is 1. The minimum Gasteiger partial charge on any atom is -0.489 e. The average molecular weight is 411 g/mol. The van der Waals surface area contributed by atoms with Crippen LogP contribution in [0.2, 0.25) is 5.02 Å². The monoisotopic (exact) mass is 410 g/mol. The van der Waals surface area contributed by atoms with Crippen LogP contribution in [0.4, 0.5) is 0 Å². The Morgan fingerprint density at radius 1 is 1.14 bits per heavy atom. The van der Waals surface area contributed by atoms with E-state index >= 15 is 0 Å². The van der Waals surface area contributed by atoms with Crippen molar-refractivity contribution in [1.29, 1.82) is 0 Å². The van der Waals surface area contributed by atoms with Crippen LogP contribution in [0.15, 0.2) is 54.6 Å². The summed E-state index contributed by atoms with van der Waals surface area (Å²) < 4.78 is 5.71. The summed E-state index contributed by atoms with van der Waals surface area (Å²) in [5.41, 5.74) is 3.17. The Labute approximate surface area is 177 Å². The highest BCUT2D eigenvalue weighted by Gasteiger charge is 2.31. The number of hydrogen-bond acceptors (Lipinski definition) is 4. The number of fused-ring (bicyclic) bond motifs is 1. The van der Waals surface area contributed by atoms with Gasteiger partial charge in [0.15, 0.2) is 0 Å². The van der Waals surface area contributed by atoms with E-state index in [1.165, 1.54) is 0 Å². The first kappa shape index (κ1) is 20.1. The molecule has 0 radical (unpaired) electrons. The van der Waals surface area contributed by atoms with Crippen molar-refractivity contribution in [2.45, 2.75) is 39.0 Å². The maximum atomic E-state index is 10.6. The second-order valence-corrected chi connectivity index (χ2v) is 8.56. The molecule has 1 aromatic heterocycles. The first-order valence-corrected chi connectivity index (χ1v) is 10.6. The van der Waals surface area contributed by atoms with Crippen molar-refractivity contribution < 1.29 is 9.84 Å². The highest BCUT2D eigenvalue weighted by molar-refractivity contribution is 6.32. The molecule has 1 aliphatic heterocycles. The number of aromatic nitrogens is 1. The number of aliphatic hydroxyl groups is 1. The van der Waals surface area contributed by atoms with Crippen LogP contribution in [0.3, 0.4) is 0 Å². The van der Waals surface area contributed by atoms with Gasteiger partial charge in [0.05, 0.1) is 22.7 Å². The van der Waals surface area contributed by atoms with Crippen molar-refractivity contribution in [2.24, 2.45) is 5.92 Å². The van der Waals surface area contributed by atoms with Crippen LogP contribution in [0.5, 0.6) is 5.75 Å². The third kappa shape index (κ3) is 4.89. The summed E-state index contributed by atoms with van der Waals surface area (Å²) in [7, 11) is 0. The lowest BCUT2D eigenvalue weighted by Crippen LogP contribution is -2.21. The minimum absolute atomic E-state index is 0.0940. The van der Waals surface area contributed by atoms with Crippen LogP contribution in [-0.2, 0) is 13.0 Å². The lowest BCUT2D eigenvalue weighted by molar-refractivity contribution is 0.140. The van der Waals surface area contributed by atoms with Crippen LogP contribution in [0, 0.1) is 5.92 Å². The van der Waals surface area contributed by atoms with E-state index in [4.69, 9.17) is 21.3 Å². The molecule has 0 aliphatic carbocycles. The minimum atomic E-state index is -0.345. The standard InChI is InChI=1S/C24H27ClN2O2/c1-16(2)29-24-10-7-17(11-21(24)25)13-27-14-19(23(28)15-27)12-20-9-8-18-5-3-4-6-22(18)26-20/h3-11,16,19,23,28H,12-15H2,1-2H3/t19-,23-/m1/s1. The molecule has 4 nitrogen and oxygen atoms in total. The quantitative estimate of drug-likeness (QED) is 0.639. The number of β-amino-alcohol motifs (C(OH)–C–C–N with tert-alkyl or cyclic N) is 1. The Balaban J connectivity index is 1.39. The van der Waals surface area contributed by atoms with Gasteiger partial charge in [-0.3, -0.25) is 9.88 Å². The number of para-hydroxylation sites is 1. The van der Waals surface area contributed by atoms with Crippen LogP contribution in [0.1, 0.15) is 25.1 Å². The molecule has 4 rings (SSSR count). The van der Waals surface area contributed by atoms with Gasteiger partial charge in [0.1, 0.15) is 5.75 Å². The highest BCUT2D eigenvalue weighted by atomic mass is 35.5. The van der Waals surface area contributed by atoms with E-state index in [1.54, 1.807) is 0 Å². The number of rotatable bonds is 6. The molecule has 0 spiro atoms. The average Bonchev–Trinajstić information content (AvgIpc) is 3.02. The normalized spacial score (nSPS) is 19.9. The molecule has 2 aromatic carbocycles. The van der Waals surface area contributed by atoms with Crippen LogP contribution in [0.25, 0.3) is 10.9 Å². The van der Waals surface area contributed by atoms with E-state index < -0.39 is 0 Å². The van der Waals surface area contributed by atoms with Crippen molar-refractivity contribution in [3.8, 4) is 5.75 Å². The van der Waals surface area contributed by atoms with Crippen molar-refractivity contribution >= 4 is 22.5 Å². The molecule has 3 aromatic rings. The van der Waals surface area contributed by atoms with Gasteiger partial charge in [-0.1, -0.05) is 41.9 Å². The van der Waals surface area contributed by atoms with E-state index in [2.05, 4.69) is 23.1 Å². The molecule has 29 heavy (non-hydrogen) atoms. The lowest BCUT2D eigenvalue weighted by atomic mass is 9.99. The van der Waals surface area contributed by atoms with Crippen LogP contribution in [-0.4, -0.2) is 40.3 Å². The van der Waals surface area contributed by atoms with E-state index in [1.807, 2.05) is 50.2 Å². The predicted molar refractivity (Wildman–Crippen MR) is 117 cm³/mol. The number of aliphatic hydroxyl groups excluding tert-OH is 1. The Hall–Kier alpha value is -2.14. The fourth-order valence-electron chi connectivity index (χ4n) is 4.01. The molecule has 1 aliphatic rings. The molecule has 2 heterocycles. The van der Waals surface area contributed by atoms with Gasteiger partial charge in [-0.2, -0.15) is 0 Å². The maximum absolute atomic E-state index is 10.6. The number of benzene rings is 2. The van der Waals surface area contributed by atoms with Gasteiger partial charge in [-0.25, -0.2) is 0 Å². The molecule has 1 saturated heterocycles. The lowest BCUT2D eigenvalue weighted by Gasteiger charge is -2.17. The summed E-state index contributed by atoms with van der Waals surface area (Å²) in [5.74, 6) is 0.898. The molecule has 0 bridgehead atoms. The van der Waals surface area contributed by atoms with E-state index in [9.17, 15) is 5.11 Å². The SMILES string of the molecule is CC(C)Oc1ccc(CN2C[C@@H](Cc3ccc4ccccc4n3)[C@H](O)C2)cc1Cl. The summed E-state index contributed by atoms with van der Waals surface area (Å²) in [4.78, 5) is 7.05. The Bertz CT molecular complexity index is 992. The first-order valence-electron chi connectivity index (χ1n) is 10.2. The number of halogens is 1. The number of hydrogen-bond donors (Lipinski definition) is 1. The molecule has 1 N–H and O–H groups in total. The fourth-order valence-corrected chi connectivity index (χ4v) is 4.26. The highest BCUT2D eigenvalue weighted by Crippen LogP contribution is 2.29. The van der Waals surface area contributed by atoms with Crippen LogP contribution >= 0.6 is 11.6 Å². The van der Waals surface area contributed by atoms with Gasteiger partial charge in [-0.05, 0) is 50.1 Å². The smallest absolute Gasteiger partial charge is 0.138 e. The summed E-state index contributed by atoms with van der Waals surface area (Å²) >= 11 is 6.37. The zero-order chi connectivity index (χ0) is 20.4. The predicted octanol–water partition coefficient (Wildman–Crippen LogP) is 4.71. The molecule has 0 amide bonds. The number of nitrogens with zero attached hydrogens (tertiary/aromatic N) is 2. The van der Waals surface area contributed by atoms with Gasteiger partial charge in [-0.15, -0.1) is 0 Å². The first-order chi connectivity index (χ1) is 14.0. The molecule has 0 saturated carbocycles. The largest absolute Gasteiger partial charge is 0.489 e. The van der Waals surface area contributed by atoms with E-state index in [0.717, 1.165) is 41.7 Å². The molecular weight excluding hydrogens is 384 g/mol. The van der Waals surface area contributed by atoms with E-state index in [-0.39, 0.29) is 18.1 Å². The molecule has 2 atom stereocenters. The van der Waals surface area contributed by atoms with Crippen LogP contribution < -0.4 is 4.74 Å². The number of likely N-dealkylation sites (tertiary alicyclic amines) is 1. The third-order valence-electron chi connectivity index (χ3n) is 5.37. The van der Waals surface area contributed by atoms with Gasteiger partial charge in [0.25, 0.3) is 0 Å². The summed E-state index contributed by atoms with van der Waals surface area (Å²) in [6, 6.07) is 18.3. The molecule has 5 heteroatoms. The summed E-state index contributed by atoms with van der Waals surface area (Å²) in [6.45, 7) is 6.25. The zero-order valence-corrected chi connectivity index (χ0v) is 17.6. The van der Waals surface area contributed by atoms with E-state index in [0.29, 0.717) is 17.3 Å². The Kier molecular flexibility index (Phi) is 6.04. The summed E-state index contributed by atoms with van der Waals surface area (Å²) in [5, 5.41) is 12.4. The van der Waals surface area contributed by atoms with Gasteiger partial charge in [0.2, 0.25) is 0 Å². The second-order valence-electron chi connectivity index (χ2n) is 8.15. The van der Waals surface area contributed by atoms with Gasteiger partial charge < -0.3 is 9.84 Å². The number of ether oxygens (including phenoxy) is 1. The van der Waals surface area contributed by atoms with Gasteiger partial charge >= 0.3 is 0 Å². The van der Waals surface area contributed by atoms with Crippen molar-refractivity contribution in [3.63, 3.8) is 0 Å². The van der Waals surface area contributed by atoms with Crippen molar-refractivity contribution in [1.82, 2.24) is 9.88 Å². The van der Waals surface area contributed by atoms with Gasteiger partial charge in [0, 0.05) is 36.6 Å². The molecular formula is C24H27ClN2O2. The van der Waals surface area contributed by atoms with Crippen molar-refractivity contribution in [3.05, 3.63) is 70.9 Å². The molecule has 1 fully saturated rings. The fraction of sp³-hybridized carbons (Fsp3) is 0.375. The summed E-state index contributed by atoms with van der Waals surface area (Å²) in [6.07, 6.45) is 0.531. The Morgan fingerprint density at radius 3 is 2.76 bits per heavy atom. The topological polar surface area (TPSA) is 45.6 Å². The third-order valence-corrected chi connectivity index (χ3v) is 5.67. The molecule has 152 valence electrons. The second kappa shape index (κ2) is 8.70.